The van der Waals surface area contributed by atoms with Crippen LogP contribution in [-0.2, 0) is 0 Å². The third-order valence-corrected chi connectivity index (χ3v) is 2.41. The van der Waals surface area contributed by atoms with Gasteiger partial charge < -0.3 is 5.32 Å². The number of nitrogens with one attached hydrogen (secondary N) is 1. The SMILES string of the molecule is C=C(CC)CCC(C)CNCCC. The number of rotatable bonds is 8. The molecule has 0 amide bonds. The van der Waals surface area contributed by atoms with E-state index in [0.717, 1.165) is 25.4 Å². The fraction of sp³-hybridized carbons (Fsp3) is 0.833. The second-order valence-corrected chi connectivity index (χ2v) is 3.95. The van der Waals surface area contributed by atoms with Gasteiger partial charge in [-0.05, 0) is 44.7 Å². The van der Waals surface area contributed by atoms with Crippen molar-refractivity contribution in [2.24, 2.45) is 5.92 Å². The van der Waals surface area contributed by atoms with Crippen molar-refractivity contribution >= 4 is 0 Å². The minimum absolute atomic E-state index is 0.787. The zero-order valence-corrected chi connectivity index (χ0v) is 9.53. The lowest BCUT2D eigenvalue weighted by Gasteiger charge is -2.12. The molecule has 0 aliphatic rings. The topological polar surface area (TPSA) is 12.0 Å². The van der Waals surface area contributed by atoms with Gasteiger partial charge in [-0.15, -0.1) is 0 Å². The maximum Gasteiger partial charge on any atom is -0.00230 e. The largest absolute Gasteiger partial charge is 0.316 e. The van der Waals surface area contributed by atoms with E-state index in [4.69, 9.17) is 0 Å². The van der Waals surface area contributed by atoms with Crippen molar-refractivity contribution in [3.63, 3.8) is 0 Å². The minimum Gasteiger partial charge on any atom is -0.316 e. The zero-order chi connectivity index (χ0) is 10.1. The molecular formula is C12H25N. The Morgan fingerprint density at radius 1 is 1.38 bits per heavy atom. The number of hydrogen-bond donors (Lipinski definition) is 1. The van der Waals surface area contributed by atoms with Gasteiger partial charge in [0, 0.05) is 0 Å². The molecule has 1 N–H and O–H groups in total. The predicted molar refractivity (Wildman–Crippen MR) is 61.0 cm³/mol. The Hall–Kier alpha value is -0.300. The Labute approximate surface area is 83.6 Å². The smallest absolute Gasteiger partial charge is 0.00230 e. The average molecular weight is 183 g/mol. The molecule has 0 aromatic carbocycles. The molecule has 1 atom stereocenters. The molecule has 13 heavy (non-hydrogen) atoms. The van der Waals surface area contributed by atoms with Crippen LogP contribution in [0.25, 0.3) is 0 Å². The monoisotopic (exact) mass is 183 g/mol. The van der Waals surface area contributed by atoms with Crippen LogP contribution in [0.15, 0.2) is 12.2 Å². The molecule has 0 saturated heterocycles. The van der Waals surface area contributed by atoms with E-state index in [1.807, 2.05) is 0 Å². The molecule has 0 heterocycles. The average Bonchev–Trinajstić information content (AvgIpc) is 2.14. The Bertz CT molecular complexity index is 129. The van der Waals surface area contributed by atoms with E-state index in [2.05, 4.69) is 32.7 Å². The normalized spacial score (nSPS) is 12.8. The summed E-state index contributed by atoms with van der Waals surface area (Å²) in [7, 11) is 0. The summed E-state index contributed by atoms with van der Waals surface area (Å²) in [4.78, 5) is 0. The molecule has 0 fully saturated rings. The van der Waals surface area contributed by atoms with Crippen LogP contribution in [0.5, 0.6) is 0 Å². The molecule has 0 aliphatic heterocycles. The quantitative estimate of drug-likeness (QED) is 0.449. The van der Waals surface area contributed by atoms with Crippen molar-refractivity contribution in [2.75, 3.05) is 13.1 Å². The standard InChI is InChI=1S/C12H25N/c1-5-9-13-10-12(4)8-7-11(3)6-2/h12-13H,3,5-10H2,1-2,4H3. The lowest BCUT2D eigenvalue weighted by molar-refractivity contribution is 0.479. The summed E-state index contributed by atoms with van der Waals surface area (Å²) < 4.78 is 0. The summed E-state index contributed by atoms with van der Waals surface area (Å²) in [5, 5.41) is 3.45. The first-order valence-electron chi connectivity index (χ1n) is 5.58. The van der Waals surface area contributed by atoms with Crippen molar-refractivity contribution in [3.8, 4) is 0 Å². The molecular weight excluding hydrogens is 158 g/mol. The summed E-state index contributed by atoms with van der Waals surface area (Å²) in [6.45, 7) is 13.0. The Morgan fingerprint density at radius 3 is 2.62 bits per heavy atom. The fourth-order valence-corrected chi connectivity index (χ4v) is 1.25. The van der Waals surface area contributed by atoms with E-state index >= 15 is 0 Å². The minimum atomic E-state index is 0.787. The van der Waals surface area contributed by atoms with Crippen LogP contribution < -0.4 is 5.32 Å². The molecule has 0 aromatic rings. The van der Waals surface area contributed by atoms with Crippen LogP contribution >= 0.6 is 0 Å². The lowest BCUT2D eigenvalue weighted by Crippen LogP contribution is -2.21. The second kappa shape index (κ2) is 8.31. The van der Waals surface area contributed by atoms with Gasteiger partial charge in [-0.2, -0.15) is 0 Å². The van der Waals surface area contributed by atoms with Crippen molar-refractivity contribution < 1.29 is 0 Å². The molecule has 1 heteroatoms. The van der Waals surface area contributed by atoms with Gasteiger partial charge in [0.2, 0.25) is 0 Å². The molecule has 0 aromatic heterocycles. The lowest BCUT2D eigenvalue weighted by atomic mass is 10.0. The van der Waals surface area contributed by atoms with Crippen molar-refractivity contribution in [1.29, 1.82) is 0 Å². The summed E-state index contributed by atoms with van der Waals surface area (Å²) in [6, 6.07) is 0. The molecule has 0 bridgehead atoms. The van der Waals surface area contributed by atoms with Crippen LogP contribution in [0.4, 0.5) is 0 Å². The van der Waals surface area contributed by atoms with E-state index in [0.29, 0.717) is 0 Å². The first-order valence-corrected chi connectivity index (χ1v) is 5.58. The number of allylic oxidation sites excluding steroid dienone is 1. The maximum absolute atomic E-state index is 4.02. The van der Waals surface area contributed by atoms with E-state index in [1.54, 1.807) is 0 Å². The summed E-state index contributed by atoms with van der Waals surface area (Å²) in [5.41, 5.74) is 1.39. The van der Waals surface area contributed by atoms with Gasteiger partial charge >= 0.3 is 0 Å². The molecule has 1 unspecified atom stereocenters. The van der Waals surface area contributed by atoms with Crippen LogP contribution in [0, 0.1) is 5.92 Å². The highest BCUT2D eigenvalue weighted by atomic mass is 14.8. The second-order valence-electron chi connectivity index (χ2n) is 3.95. The van der Waals surface area contributed by atoms with Gasteiger partial charge in [0.25, 0.3) is 0 Å². The van der Waals surface area contributed by atoms with Gasteiger partial charge in [-0.25, -0.2) is 0 Å². The van der Waals surface area contributed by atoms with E-state index in [9.17, 15) is 0 Å². The zero-order valence-electron chi connectivity index (χ0n) is 9.53. The van der Waals surface area contributed by atoms with Crippen molar-refractivity contribution in [1.82, 2.24) is 5.32 Å². The first-order chi connectivity index (χ1) is 6.20. The van der Waals surface area contributed by atoms with E-state index in [1.165, 1.54) is 24.8 Å². The van der Waals surface area contributed by atoms with Crippen LogP contribution in [-0.4, -0.2) is 13.1 Å². The summed E-state index contributed by atoms with van der Waals surface area (Å²) >= 11 is 0. The molecule has 0 rings (SSSR count). The van der Waals surface area contributed by atoms with Crippen molar-refractivity contribution in [3.05, 3.63) is 12.2 Å². The molecule has 1 nitrogen and oxygen atoms in total. The van der Waals surface area contributed by atoms with E-state index < -0.39 is 0 Å². The third kappa shape index (κ3) is 8.04. The van der Waals surface area contributed by atoms with Gasteiger partial charge in [0.1, 0.15) is 0 Å². The van der Waals surface area contributed by atoms with Gasteiger partial charge in [-0.1, -0.05) is 32.9 Å². The van der Waals surface area contributed by atoms with E-state index in [-0.39, 0.29) is 0 Å². The molecule has 78 valence electrons. The first kappa shape index (κ1) is 12.7. The third-order valence-electron chi connectivity index (χ3n) is 2.41. The number of hydrogen-bond acceptors (Lipinski definition) is 1. The summed E-state index contributed by atoms with van der Waals surface area (Å²) in [5.74, 6) is 0.787. The highest BCUT2D eigenvalue weighted by Gasteiger charge is 2.01. The Balaban J connectivity index is 3.29. The Kier molecular flexibility index (Phi) is 8.11. The Morgan fingerprint density at radius 2 is 2.08 bits per heavy atom. The van der Waals surface area contributed by atoms with Crippen LogP contribution in [0.1, 0.15) is 46.5 Å². The molecule has 0 spiro atoms. The van der Waals surface area contributed by atoms with Crippen LogP contribution in [0.2, 0.25) is 0 Å². The predicted octanol–water partition coefficient (Wildman–Crippen LogP) is 3.37. The van der Waals surface area contributed by atoms with Crippen LogP contribution in [0.3, 0.4) is 0 Å². The van der Waals surface area contributed by atoms with Gasteiger partial charge in [0.05, 0.1) is 0 Å². The summed E-state index contributed by atoms with van der Waals surface area (Å²) in [6.07, 6.45) is 4.85. The highest BCUT2D eigenvalue weighted by molar-refractivity contribution is 4.92. The highest BCUT2D eigenvalue weighted by Crippen LogP contribution is 2.12. The van der Waals surface area contributed by atoms with Gasteiger partial charge in [0.15, 0.2) is 0 Å². The van der Waals surface area contributed by atoms with Gasteiger partial charge in [-0.3, -0.25) is 0 Å². The fourth-order valence-electron chi connectivity index (χ4n) is 1.25. The molecule has 0 saturated carbocycles. The maximum atomic E-state index is 4.02. The molecule has 0 radical (unpaired) electrons. The molecule has 0 aliphatic carbocycles. The van der Waals surface area contributed by atoms with Crippen molar-refractivity contribution in [2.45, 2.75) is 46.5 Å².